The van der Waals surface area contributed by atoms with E-state index < -0.39 is 6.43 Å². The van der Waals surface area contributed by atoms with Gasteiger partial charge in [0.25, 0.3) is 6.43 Å². The SMILES string of the molecule is NCc1cc(C(F)F)c(Br)c(C=O)n1. The Morgan fingerprint density at radius 3 is 2.71 bits per heavy atom. The van der Waals surface area contributed by atoms with Gasteiger partial charge in [-0.1, -0.05) is 0 Å². The lowest BCUT2D eigenvalue weighted by Gasteiger charge is -2.07. The molecule has 0 spiro atoms. The summed E-state index contributed by atoms with van der Waals surface area (Å²) in [5, 5.41) is 0. The Bertz CT molecular complexity index is 357. The van der Waals surface area contributed by atoms with Crippen LogP contribution in [-0.4, -0.2) is 11.3 Å². The van der Waals surface area contributed by atoms with Crippen LogP contribution in [0.5, 0.6) is 0 Å². The number of aromatic nitrogens is 1. The first-order chi connectivity index (χ1) is 6.60. The Morgan fingerprint density at radius 1 is 1.64 bits per heavy atom. The van der Waals surface area contributed by atoms with Crippen molar-refractivity contribution in [1.29, 1.82) is 0 Å². The van der Waals surface area contributed by atoms with Crippen LogP contribution in [0, 0.1) is 0 Å². The summed E-state index contributed by atoms with van der Waals surface area (Å²) in [6, 6.07) is 1.18. The predicted molar refractivity (Wildman–Crippen MR) is 50.2 cm³/mol. The van der Waals surface area contributed by atoms with Gasteiger partial charge in [-0.15, -0.1) is 0 Å². The van der Waals surface area contributed by atoms with Crippen molar-refractivity contribution in [1.82, 2.24) is 4.98 Å². The van der Waals surface area contributed by atoms with Gasteiger partial charge in [0.2, 0.25) is 0 Å². The molecular formula is C8H7BrF2N2O. The van der Waals surface area contributed by atoms with Gasteiger partial charge in [0.15, 0.2) is 6.29 Å². The molecule has 2 N–H and O–H groups in total. The van der Waals surface area contributed by atoms with Crippen molar-refractivity contribution in [3.8, 4) is 0 Å². The minimum absolute atomic E-state index is 0.0217. The number of nitrogens with two attached hydrogens (primary N) is 1. The third kappa shape index (κ3) is 2.13. The van der Waals surface area contributed by atoms with Gasteiger partial charge in [-0.25, -0.2) is 13.8 Å². The molecule has 0 bridgehead atoms. The van der Waals surface area contributed by atoms with E-state index in [9.17, 15) is 13.6 Å². The highest BCUT2D eigenvalue weighted by atomic mass is 79.9. The van der Waals surface area contributed by atoms with Crippen LogP contribution in [0.15, 0.2) is 10.5 Å². The van der Waals surface area contributed by atoms with E-state index in [0.717, 1.165) is 0 Å². The van der Waals surface area contributed by atoms with Crippen molar-refractivity contribution in [2.75, 3.05) is 0 Å². The van der Waals surface area contributed by atoms with Crippen LogP contribution < -0.4 is 5.73 Å². The highest BCUT2D eigenvalue weighted by Crippen LogP contribution is 2.29. The molecule has 1 heterocycles. The van der Waals surface area contributed by atoms with E-state index >= 15 is 0 Å². The lowest BCUT2D eigenvalue weighted by molar-refractivity contribution is 0.111. The number of nitrogens with zero attached hydrogens (tertiary/aromatic N) is 1. The van der Waals surface area contributed by atoms with Gasteiger partial charge >= 0.3 is 0 Å². The largest absolute Gasteiger partial charge is 0.325 e. The van der Waals surface area contributed by atoms with Gasteiger partial charge in [0.05, 0.1) is 10.2 Å². The lowest BCUT2D eigenvalue weighted by Crippen LogP contribution is -2.05. The zero-order valence-electron chi connectivity index (χ0n) is 7.01. The molecule has 14 heavy (non-hydrogen) atoms. The molecule has 3 nitrogen and oxygen atoms in total. The first-order valence-electron chi connectivity index (χ1n) is 3.72. The Hall–Kier alpha value is -0.880. The Morgan fingerprint density at radius 2 is 2.29 bits per heavy atom. The van der Waals surface area contributed by atoms with Crippen molar-refractivity contribution in [3.63, 3.8) is 0 Å². The minimum Gasteiger partial charge on any atom is -0.325 e. The molecule has 0 unspecified atom stereocenters. The van der Waals surface area contributed by atoms with E-state index in [4.69, 9.17) is 5.73 Å². The third-order valence-corrected chi connectivity index (χ3v) is 2.48. The second-order valence-electron chi connectivity index (χ2n) is 2.52. The Labute approximate surface area is 87.4 Å². The quantitative estimate of drug-likeness (QED) is 0.851. The Balaban J connectivity index is 3.34. The summed E-state index contributed by atoms with van der Waals surface area (Å²) < 4.78 is 24.9. The molecule has 0 radical (unpaired) electrons. The molecule has 6 heteroatoms. The second kappa shape index (κ2) is 4.56. The standard InChI is InChI=1S/C8H7BrF2N2O/c9-7-5(8(10)11)1-4(2-12)13-6(7)3-14/h1,3,8H,2,12H2. The van der Waals surface area contributed by atoms with Crippen LogP contribution in [-0.2, 0) is 6.54 Å². The van der Waals surface area contributed by atoms with Gasteiger partial charge in [-0.05, 0) is 22.0 Å². The van der Waals surface area contributed by atoms with Crippen molar-refractivity contribution >= 4 is 22.2 Å². The van der Waals surface area contributed by atoms with E-state index in [0.29, 0.717) is 6.29 Å². The number of hydrogen-bond donors (Lipinski definition) is 1. The first kappa shape index (κ1) is 11.2. The summed E-state index contributed by atoms with van der Waals surface area (Å²) in [4.78, 5) is 14.3. The molecule has 1 rings (SSSR count). The van der Waals surface area contributed by atoms with E-state index in [1.807, 2.05) is 0 Å². The fourth-order valence-electron chi connectivity index (χ4n) is 0.968. The van der Waals surface area contributed by atoms with Gasteiger partial charge in [-0.3, -0.25) is 4.79 Å². The van der Waals surface area contributed by atoms with E-state index in [-0.39, 0.29) is 28.0 Å². The summed E-state index contributed by atoms with van der Waals surface area (Å²) in [5.74, 6) is 0. The van der Waals surface area contributed by atoms with Crippen molar-refractivity contribution in [3.05, 3.63) is 27.5 Å². The molecule has 0 amide bonds. The molecule has 0 aliphatic rings. The maximum Gasteiger partial charge on any atom is 0.265 e. The zero-order valence-corrected chi connectivity index (χ0v) is 8.59. The van der Waals surface area contributed by atoms with Crippen molar-refractivity contribution < 1.29 is 13.6 Å². The van der Waals surface area contributed by atoms with Gasteiger partial charge in [0, 0.05) is 12.1 Å². The fraction of sp³-hybridized carbons (Fsp3) is 0.250. The molecule has 0 saturated carbocycles. The van der Waals surface area contributed by atoms with E-state index in [1.165, 1.54) is 6.07 Å². The summed E-state index contributed by atoms with van der Waals surface area (Å²) in [6.07, 6.45) is -2.24. The smallest absolute Gasteiger partial charge is 0.265 e. The number of carbonyl (C=O) groups excluding carboxylic acids is 1. The summed E-state index contributed by atoms with van der Waals surface area (Å²) in [6.45, 7) is 0.0217. The van der Waals surface area contributed by atoms with Crippen LogP contribution >= 0.6 is 15.9 Å². The number of hydrogen-bond acceptors (Lipinski definition) is 3. The highest BCUT2D eigenvalue weighted by Gasteiger charge is 2.16. The minimum atomic E-state index is -2.66. The Kier molecular flexibility index (Phi) is 3.65. The number of rotatable bonds is 3. The number of aldehydes is 1. The molecule has 76 valence electrons. The second-order valence-corrected chi connectivity index (χ2v) is 3.32. The summed E-state index contributed by atoms with van der Waals surface area (Å²) >= 11 is 2.89. The predicted octanol–water partition coefficient (Wildman–Crippen LogP) is 2.05. The first-order valence-corrected chi connectivity index (χ1v) is 4.52. The lowest BCUT2D eigenvalue weighted by atomic mass is 10.2. The van der Waals surface area contributed by atoms with Crippen LogP contribution in [0.2, 0.25) is 0 Å². The van der Waals surface area contributed by atoms with Gasteiger partial charge < -0.3 is 5.73 Å². The third-order valence-electron chi connectivity index (χ3n) is 1.62. The van der Waals surface area contributed by atoms with E-state index in [2.05, 4.69) is 20.9 Å². The van der Waals surface area contributed by atoms with Crippen LogP contribution in [0.1, 0.15) is 28.2 Å². The molecule has 1 aromatic heterocycles. The molecule has 1 aromatic rings. The number of alkyl halides is 2. The summed E-state index contributed by atoms with van der Waals surface area (Å²) in [5.41, 5.74) is 5.21. The average molecular weight is 265 g/mol. The molecule has 0 saturated heterocycles. The summed E-state index contributed by atoms with van der Waals surface area (Å²) in [7, 11) is 0. The van der Waals surface area contributed by atoms with Gasteiger partial charge in [0.1, 0.15) is 5.69 Å². The fourth-order valence-corrected chi connectivity index (χ4v) is 1.44. The maximum atomic E-state index is 12.4. The zero-order chi connectivity index (χ0) is 10.7. The van der Waals surface area contributed by atoms with E-state index in [1.54, 1.807) is 0 Å². The monoisotopic (exact) mass is 264 g/mol. The number of carbonyl (C=O) groups is 1. The van der Waals surface area contributed by atoms with Crippen molar-refractivity contribution in [2.24, 2.45) is 5.73 Å². The number of pyridine rings is 1. The van der Waals surface area contributed by atoms with Crippen LogP contribution in [0.4, 0.5) is 8.78 Å². The average Bonchev–Trinajstić information content (AvgIpc) is 2.17. The molecule has 0 fully saturated rings. The molecule has 0 aliphatic heterocycles. The van der Waals surface area contributed by atoms with Crippen LogP contribution in [0.3, 0.4) is 0 Å². The van der Waals surface area contributed by atoms with Gasteiger partial charge in [-0.2, -0.15) is 0 Å². The molecule has 0 aliphatic carbocycles. The molecular weight excluding hydrogens is 258 g/mol. The number of halogens is 3. The molecule has 0 atom stereocenters. The van der Waals surface area contributed by atoms with Crippen molar-refractivity contribution in [2.45, 2.75) is 13.0 Å². The molecule has 0 aromatic carbocycles. The van der Waals surface area contributed by atoms with Crippen LogP contribution in [0.25, 0.3) is 0 Å². The maximum absolute atomic E-state index is 12.4. The topological polar surface area (TPSA) is 56.0 Å². The normalized spacial score (nSPS) is 10.6. The highest BCUT2D eigenvalue weighted by molar-refractivity contribution is 9.10.